The van der Waals surface area contributed by atoms with E-state index in [0.29, 0.717) is 11.7 Å². The molecule has 0 spiro atoms. The summed E-state index contributed by atoms with van der Waals surface area (Å²) in [6.07, 6.45) is 14.5. The van der Waals surface area contributed by atoms with Gasteiger partial charge in [0.1, 0.15) is 5.78 Å². The first-order chi connectivity index (χ1) is 12.4. The van der Waals surface area contributed by atoms with Crippen LogP contribution in [0.5, 0.6) is 0 Å². The Morgan fingerprint density at radius 3 is 2.50 bits per heavy atom. The van der Waals surface area contributed by atoms with Gasteiger partial charge in [-0.25, -0.2) is 0 Å². The van der Waals surface area contributed by atoms with E-state index in [9.17, 15) is 9.90 Å². The van der Waals surface area contributed by atoms with Crippen molar-refractivity contribution >= 4 is 5.78 Å². The molecule has 0 saturated heterocycles. The van der Waals surface area contributed by atoms with Crippen LogP contribution in [0.2, 0.25) is 0 Å². The van der Waals surface area contributed by atoms with Crippen molar-refractivity contribution in [1.29, 1.82) is 0 Å². The monoisotopic (exact) mass is 360 g/mol. The van der Waals surface area contributed by atoms with Crippen LogP contribution >= 0.6 is 0 Å². The second-order valence-corrected chi connectivity index (χ2v) is 10.8. The first-order valence-corrected chi connectivity index (χ1v) is 11.6. The molecule has 0 aromatic heterocycles. The molecular formula is C24H40O2. The molecule has 0 bridgehead atoms. The number of Topliss-reactive ketones (excluding diaryl/α,β-unsaturated/α-hetero) is 1. The summed E-state index contributed by atoms with van der Waals surface area (Å²) in [4.78, 5) is 12.2. The smallest absolute Gasteiger partial charge is 0.133 e. The van der Waals surface area contributed by atoms with E-state index >= 15 is 0 Å². The van der Waals surface area contributed by atoms with E-state index < -0.39 is 0 Å². The molecule has 1 N–H and O–H groups in total. The molecule has 4 saturated carbocycles. The van der Waals surface area contributed by atoms with Crippen LogP contribution in [0, 0.1) is 40.9 Å². The van der Waals surface area contributed by atoms with Crippen molar-refractivity contribution < 1.29 is 9.90 Å². The lowest BCUT2D eigenvalue weighted by Gasteiger charge is -2.57. The Kier molecular flexibility index (Phi) is 5.04. The van der Waals surface area contributed by atoms with Crippen molar-refractivity contribution in [3.63, 3.8) is 0 Å². The van der Waals surface area contributed by atoms with Crippen molar-refractivity contribution in [3.8, 4) is 0 Å². The summed E-state index contributed by atoms with van der Waals surface area (Å²) in [5, 5.41) is 11.1. The highest BCUT2D eigenvalue weighted by Gasteiger charge is 2.58. The Morgan fingerprint density at radius 1 is 1.00 bits per heavy atom. The van der Waals surface area contributed by atoms with E-state index in [1.807, 2.05) is 6.92 Å². The van der Waals surface area contributed by atoms with Gasteiger partial charge in [-0.05, 0) is 106 Å². The minimum atomic E-state index is -0.361. The normalized spacial score (nSPS) is 50.6. The molecule has 4 aliphatic carbocycles. The molecule has 0 aliphatic heterocycles. The highest BCUT2D eigenvalue weighted by atomic mass is 16.3. The third-order valence-corrected chi connectivity index (χ3v) is 9.59. The number of carbonyl (C=O) groups is 1. The van der Waals surface area contributed by atoms with Gasteiger partial charge in [0.25, 0.3) is 0 Å². The zero-order valence-electron chi connectivity index (χ0n) is 17.3. The van der Waals surface area contributed by atoms with Gasteiger partial charge in [-0.3, -0.25) is 4.79 Å². The molecule has 4 fully saturated rings. The molecule has 8 atom stereocenters. The quantitative estimate of drug-likeness (QED) is 0.691. The number of unbranched alkanes of at least 4 members (excludes halogenated alkanes) is 1. The van der Waals surface area contributed by atoms with Crippen LogP contribution < -0.4 is 0 Å². The molecular weight excluding hydrogens is 320 g/mol. The first kappa shape index (κ1) is 19.0. The molecule has 148 valence electrons. The Bertz CT molecular complexity index is 542. The molecule has 0 aromatic carbocycles. The van der Waals surface area contributed by atoms with Gasteiger partial charge < -0.3 is 5.11 Å². The molecule has 0 aromatic rings. The molecule has 2 heteroatoms. The Labute approximate surface area is 160 Å². The third-order valence-electron chi connectivity index (χ3n) is 9.59. The summed E-state index contributed by atoms with van der Waals surface area (Å²) in [6.45, 7) is 6.51. The van der Waals surface area contributed by atoms with Crippen LogP contribution in [0.1, 0.15) is 97.8 Å². The van der Waals surface area contributed by atoms with Crippen molar-refractivity contribution in [2.45, 2.75) is 103 Å². The molecule has 0 amide bonds. The van der Waals surface area contributed by atoms with Crippen molar-refractivity contribution in [3.05, 3.63) is 0 Å². The number of hydrogen-bond donors (Lipinski definition) is 1. The fourth-order valence-electron chi connectivity index (χ4n) is 8.36. The highest BCUT2D eigenvalue weighted by molar-refractivity contribution is 5.79. The van der Waals surface area contributed by atoms with Crippen LogP contribution in [0.3, 0.4) is 0 Å². The molecule has 1 unspecified atom stereocenters. The van der Waals surface area contributed by atoms with Gasteiger partial charge in [-0.15, -0.1) is 0 Å². The average molecular weight is 361 g/mol. The molecule has 4 rings (SSSR count). The first-order valence-electron chi connectivity index (χ1n) is 11.6. The van der Waals surface area contributed by atoms with Crippen molar-refractivity contribution in [2.75, 3.05) is 0 Å². The van der Waals surface area contributed by atoms with Gasteiger partial charge in [0.05, 0.1) is 5.60 Å². The Hall–Kier alpha value is -0.370. The van der Waals surface area contributed by atoms with E-state index in [4.69, 9.17) is 0 Å². The zero-order chi connectivity index (χ0) is 18.5. The fraction of sp³-hybridized carbons (Fsp3) is 0.958. The average Bonchev–Trinajstić information content (AvgIpc) is 2.97. The van der Waals surface area contributed by atoms with Gasteiger partial charge in [0.2, 0.25) is 0 Å². The highest BCUT2D eigenvalue weighted by Crippen LogP contribution is 2.64. The standard InChI is InChI=1S/C24H40O2/c1-4-5-12-24(26)14-11-18-17(15-24)6-7-20-19(18)10-13-23(3)21(16(2)25)8-9-22(20)23/h17-22,26H,4-15H2,1-3H3/t17?,18-,19+,20+,21+,22-,23+,24+/m0/s1. The van der Waals surface area contributed by atoms with Crippen LogP contribution in [-0.2, 0) is 4.79 Å². The summed E-state index contributed by atoms with van der Waals surface area (Å²) < 4.78 is 0. The van der Waals surface area contributed by atoms with Gasteiger partial charge in [-0.1, -0.05) is 26.7 Å². The SMILES string of the molecule is CCCC[C@@]1(O)CC[C@H]2C(CC[C@@H]3[C@@H]2CC[C@]2(C)[C@@H](C(C)=O)CC[C@@H]32)C1. The molecule has 0 radical (unpaired) electrons. The summed E-state index contributed by atoms with van der Waals surface area (Å²) in [6, 6.07) is 0. The summed E-state index contributed by atoms with van der Waals surface area (Å²) >= 11 is 0. The Morgan fingerprint density at radius 2 is 1.77 bits per heavy atom. The van der Waals surface area contributed by atoms with Gasteiger partial charge in [0.15, 0.2) is 0 Å². The summed E-state index contributed by atoms with van der Waals surface area (Å²) in [7, 11) is 0. The third kappa shape index (κ3) is 2.99. The maximum atomic E-state index is 12.2. The van der Waals surface area contributed by atoms with E-state index in [1.54, 1.807) is 0 Å². The topological polar surface area (TPSA) is 37.3 Å². The van der Waals surface area contributed by atoms with Crippen LogP contribution in [0.25, 0.3) is 0 Å². The van der Waals surface area contributed by atoms with Gasteiger partial charge >= 0.3 is 0 Å². The second kappa shape index (κ2) is 6.90. The lowest BCUT2D eigenvalue weighted by Crippen LogP contribution is -2.51. The predicted molar refractivity (Wildman–Crippen MR) is 106 cm³/mol. The number of ketones is 1. The molecule has 26 heavy (non-hydrogen) atoms. The van der Waals surface area contributed by atoms with Crippen LogP contribution in [0.15, 0.2) is 0 Å². The number of fused-ring (bicyclic) bond motifs is 5. The number of carbonyl (C=O) groups excluding carboxylic acids is 1. The predicted octanol–water partition coefficient (Wildman–Crippen LogP) is 5.77. The maximum Gasteiger partial charge on any atom is 0.133 e. The minimum Gasteiger partial charge on any atom is -0.390 e. The second-order valence-electron chi connectivity index (χ2n) is 10.8. The summed E-state index contributed by atoms with van der Waals surface area (Å²) in [5.74, 6) is 4.93. The molecule has 0 heterocycles. The number of hydrogen-bond acceptors (Lipinski definition) is 2. The van der Waals surface area contributed by atoms with E-state index in [1.165, 1.54) is 51.4 Å². The number of rotatable bonds is 4. The van der Waals surface area contributed by atoms with Gasteiger partial charge in [-0.2, -0.15) is 0 Å². The Balaban J connectivity index is 1.47. The van der Waals surface area contributed by atoms with E-state index in [2.05, 4.69) is 13.8 Å². The lowest BCUT2D eigenvalue weighted by molar-refractivity contribution is -0.131. The minimum absolute atomic E-state index is 0.288. The maximum absolute atomic E-state index is 12.2. The fourth-order valence-corrected chi connectivity index (χ4v) is 8.36. The zero-order valence-corrected chi connectivity index (χ0v) is 17.3. The largest absolute Gasteiger partial charge is 0.390 e. The number of aliphatic hydroxyl groups is 1. The van der Waals surface area contributed by atoms with Crippen LogP contribution in [-0.4, -0.2) is 16.5 Å². The van der Waals surface area contributed by atoms with Gasteiger partial charge in [0, 0.05) is 5.92 Å². The molecule has 4 aliphatic rings. The summed E-state index contributed by atoms with van der Waals surface area (Å²) in [5.41, 5.74) is -0.0728. The van der Waals surface area contributed by atoms with Crippen molar-refractivity contribution in [2.24, 2.45) is 40.9 Å². The lowest BCUT2D eigenvalue weighted by atomic mass is 9.48. The van der Waals surface area contributed by atoms with Crippen molar-refractivity contribution in [1.82, 2.24) is 0 Å². The molecule has 2 nitrogen and oxygen atoms in total. The van der Waals surface area contributed by atoms with E-state index in [-0.39, 0.29) is 11.0 Å². The van der Waals surface area contributed by atoms with Crippen LogP contribution in [0.4, 0.5) is 0 Å². The van der Waals surface area contributed by atoms with E-state index in [0.717, 1.165) is 55.3 Å².